The minimum atomic E-state index is -0.293. The standard InChI is InChI=1S/C25H26N2O2/c1-18(2)20-13-15-24(16-14-20)29-17-25(28)27-26-19(3)21-9-11-23(12-10-21)22-7-5-4-6-8-22/h4-16,18H,17H2,1-3H3,(H,27,28). The zero-order chi connectivity index (χ0) is 20.6. The zero-order valence-electron chi connectivity index (χ0n) is 17.1. The second-order valence-corrected chi connectivity index (χ2v) is 7.19. The molecular weight excluding hydrogens is 360 g/mol. The van der Waals surface area contributed by atoms with Gasteiger partial charge in [0.1, 0.15) is 5.75 Å². The van der Waals surface area contributed by atoms with Gasteiger partial charge in [0.2, 0.25) is 0 Å². The number of hydrazone groups is 1. The summed E-state index contributed by atoms with van der Waals surface area (Å²) in [5, 5.41) is 4.18. The molecule has 0 fully saturated rings. The number of rotatable bonds is 7. The number of ether oxygens (including phenoxy) is 1. The largest absolute Gasteiger partial charge is 0.484 e. The molecular formula is C25H26N2O2. The van der Waals surface area contributed by atoms with Crippen molar-refractivity contribution in [2.45, 2.75) is 26.7 Å². The topological polar surface area (TPSA) is 50.7 Å². The second-order valence-electron chi connectivity index (χ2n) is 7.19. The van der Waals surface area contributed by atoms with Gasteiger partial charge in [-0.2, -0.15) is 5.10 Å². The minimum Gasteiger partial charge on any atom is -0.484 e. The Balaban J connectivity index is 1.53. The van der Waals surface area contributed by atoms with Crippen LogP contribution in [0.3, 0.4) is 0 Å². The molecule has 0 saturated heterocycles. The number of benzene rings is 3. The van der Waals surface area contributed by atoms with Crippen LogP contribution in [0.2, 0.25) is 0 Å². The van der Waals surface area contributed by atoms with E-state index in [0.29, 0.717) is 11.7 Å². The van der Waals surface area contributed by atoms with Crippen molar-refractivity contribution in [3.05, 3.63) is 90.0 Å². The van der Waals surface area contributed by atoms with E-state index in [2.05, 4.69) is 48.6 Å². The van der Waals surface area contributed by atoms with Gasteiger partial charge >= 0.3 is 0 Å². The van der Waals surface area contributed by atoms with Crippen LogP contribution < -0.4 is 10.2 Å². The molecule has 29 heavy (non-hydrogen) atoms. The van der Waals surface area contributed by atoms with Crippen LogP contribution in [0, 0.1) is 0 Å². The number of hydrogen-bond acceptors (Lipinski definition) is 3. The predicted molar refractivity (Wildman–Crippen MR) is 118 cm³/mol. The van der Waals surface area contributed by atoms with Crippen LogP contribution in [-0.2, 0) is 4.79 Å². The van der Waals surface area contributed by atoms with Gasteiger partial charge < -0.3 is 4.74 Å². The molecule has 0 radical (unpaired) electrons. The van der Waals surface area contributed by atoms with Crippen molar-refractivity contribution in [1.82, 2.24) is 5.43 Å². The number of carbonyl (C=O) groups is 1. The van der Waals surface area contributed by atoms with Gasteiger partial charge in [-0.05, 0) is 47.2 Å². The van der Waals surface area contributed by atoms with E-state index in [-0.39, 0.29) is 12.5 Å². The van der Waals surface area contributed by atoms with E-state index in [0.717, 1.165) is 16.8 Å². The van der Waals surface area contributed by atoms with E-state index in [1.165, 1.54) is 11.1 Å². The second kappa shape index (κ2) is 9.69. The summed E-state index contributed by atoms with van der Waals surface area (Å²) >= 11 is 0. The summed E-state index contributed by atoms with van der Waals surface area (Å²) in [6.07, 6.45) is 0. The van der Waals surface area contributed by atoms with Gasteiger partial charge in [0.05, 0.1) is 5.71 Å². The molecule has 0 saturated carbocycles. The van der Waals surface area contributed by atoms with Crippen molar-refractivity contribution in [1.29, 1.82) is 0 Å². The Morgan fingerprint density at radius 2 is 1.52 bits per heavy atom. The van der Waals surface area contributed by atoms with E-state index in [1.54, 1.807) is 0 Å². The molecule has 3 rings (SSSR count). The molecule has 0 heterocycles. The fourth-order valence-electron chi connectivity index (χ4n) is 2.88. The first kappa shape index (κ1) is 20.3. The summed E-state index contributed by atoms with van der Waals surface area (Å²) in [5.74, 6) is 0.839. The normalized spacial score (nSPS) is 11.4. The van der Waals surface area contributed by atoms with E-state index in [1.807, 2.05) is 61.5 Å². The quantitative estimate of drug-likeness (QED) is 0.437. The molecule has 0 spiro atoms. The highest BCUT2D eigenvalue weighted by molar-refractivity contribution is 5.99. The summed E-state index contributed by atoms with van der Waals surface area (Å²) < 4.78 is 5.52. The van der Waals surface area contributed by atoms with Gasteiger partial charge in [-0.3, -0.25) is 4.79 Å². The molecule has 0 bridgehead atoms. The third-order valence-electron chi connectivity index (χ3n) is 4.67. The molecule has 1 amide bonds. The molecule has 0 aromatic heterocycles. The highest BCUT2D eigenvalue weighted by Gasteiger charge is 2.05. The molecule has 3 aromatic carbocycles. The third-order valence-corrected chi connectivity index (χ3v) is 4.67. The van der Waals surface area contributed by atoms with Crippen molar-refractivity contribution in [2.75, 3.05) is 6.61 Å². The van der Waals surface area contributed by atoms with Crippen molar-refractivity contribution in [2.24, 2.45) is 5.10 Å². The lowest BCUT2D eigenvalue weighted by molar-refractivity contribution is -0.123. The van der Waals surface area contributed by atoms with Gasteiger partial charge in [-0.15, -0.1) is 0 Å². The van der Waals surface area contributed by atoms with E-state index in [4.69, 9.17) is 4.74 Å². The summed E-state index contributed by atoms with van der Waals surface area (Å²) in [7, 11) is 0. The monoisotopic (exact) mass is 386 g/mol. The maximum atomic E-state index is 12.0. The van der Waals surface area contributed by atoms with Gasteiger partial charge in [0, 0.05) is 0 Å². The Morgan fingerprint density at radius 3 is 2.14 bits per heavy atom. The van der Waals surface area contributed by atoms with Crippen LogP contribution in [0.15, 0.2) is 84.0 Å². The first-order chi connectivity index (χ1) is 14.0. The average Bonchev–Trinajstić information content (AvgIpc) is 2.77. The van der Waals surface area contributed by atoms with Gasteiger partial charge in [0.15, 0.2) is 6.61 Å². The lowest BCUT2D eigenvalue weighted by atomic mass is 10.0. The summed E-state index contributed by atoms with van der Waals surface area (Å²) in [6.45, 7) is 6.06. The number of hydrogen-bond donors (Lipinski definition) is 1. The molecule has 0 aliphatic heterocycles. The summed E-state index contributed by atoms with van der Waals surface area (Å²) in [5.41, 5.74) is 7.79. The molecule has 148 valence electrons. The van der Waals surface area contributed by atoms with Gasteiger partial charge in [-0.25, -0.2) is 5.43 Å². The Labute approximate surface area is 172 Å². The highest BCUT2D eigenvalue weighted by Crippen LogP contribution is 2.20. The smallest absolute Gasteiger partial charge is 0.277 e. The molecule has 0 atom stereocenters. The Kier molecular flexibility index (Phi) is 6.80. The fourth-order valence-corrected chi connectivity index (χ4v) is 2.88. The van der Waals surface area contributed by atoms with Crippen LogP contribution in [-0.4, -0.2) is 18.2 Å². The van der Waals surface area contributed by atoms with Gasteiger partial charge in [0.25, 0.3) is 5.91 Å². The Bertz CT molecular complexity index is 960. The Hall–Kier alpha value is -3.40. The van der Waals surface area contributed by atoms with E-state index >= 15 is 0 Å². The predicted octanol–water partition coefficient (Wildman–Crippen LogP) is 5.40. The zero-order valence-corrected chi connectivity index (χ0v) is 17.1. The molecule has 3 aromatic rings. The first-order valence-electron chi connectivity index (χ1n) is 9.74. The molecule has 1 N–H and O–H groups in total. The van der Waals surface area contributed by atoms with E-state index in [9.17, 15) is 4.79 Å². The molecule has 4 nitrogen and oxygen atoms in total. The summed E-state index contributed by atoms with van der Waals surface area (Å²) in [6, 6.07) is 26.1. The molecule has 0 aliphatic carbocycles. The average molecular weight is 386 g/mol. The molecule has 0 unspecified atom stereocenters. The van der Waals surface area contributed by atoms with Crippen molar-refractivity contribution >= 4 is 11.6 Å². The number of carbonyl (C=O) groups excluding carboxylic acids is 1. The maximum absolute atomic E-state index is 12.0. The van der Waals surface area contributed by atoms with Crippen molar-refractivity contribution < 1.29 is 9.53 Å². The molecule has 4 heteroatoms. The SMILES string of the molecule is CC(=NNC(=O)COc1ccc(C(C)C)cc1)c1ccc(-c2ccccc2)cc1. The number of nitrogens with zero attached hydrogens (tertiary/aromatic N) is 1. The van der Waals surface area contributed by atoms with Crippen LogP contribution >= 0.6 is 0 Å². The van der Waals surface area contributed by atoms with E-state index < -0.39 is 0 Å². The summed E-state index contributed by atoms with van der Waals surface area (Å²) in [4.78, 5) is 12.0. The van der Waals surface area contributed by atoms with Crippen LogP contribution in [0.1, 0.15) is 37.8 Å². The van der Waals surface area contributed by atoms with Crippen LogP contribution in [0.4, 0.5) is 0 Å². The minimum absolute atomic E-state index is 0.0786. The lowest BCUT2D eigenvalue weighted by Gasteiger charge is -2.08. The van der Waals surface area contributed by atoms with Gasteiger partial charge in [-0.1, -0.05) is 80.6 Å². The van der Waals surface area contributed by atoms with Crippen molar-refractivity contribution in [3.8, 4) is 16.9 Å². The fraction of sp³-hybridized carbons (Fsp3) is 0.200. The number of amides is 1. The third kappa shape index (κ3) is 5.79. The first-order valence-corrected chi connectivity index (χ1v) is 9.74. The Morgan fingerprint density at radius 1 is 0.897 bits per heavy atom. The van der Waals surface area contributed by atoms with Crippen LogP contribution in [0.5, 0.6) is 5.75 Å². The highest BCUT2D eigenvalue weighted by atomic mass is 16.5. The maximum Gasteiger partial charge on any atom is 0.277 e. The molecule has 0 aliphatic rings. The van der Waals surface area contributed by atoms with Crippen LogP contribution in [0.25, 0.3) is 11.1 Å². The van der Waals surface area contributed by atoms with Crippen molar-refractivity contribution in [3.63, 3.8) is 0 Å². The lowest BCUT2D eigenvalue weighted by Crippen LogP contribution is -2.25. The number of nitrogens with one attached hydrogen (secondary N) is 1.